The van der Waals surface area contributed by atoms with E-state index < -0.39 is 17.6 Å². The molecule has 0 aliphatic rings. The Bertz CT molecular complexity index is 1480. The van der Waals surface area contributed by atoms with E-state index in [1.807, 2.05) is 6.07 Å². The van der Waals surface area contributed by atoms with Crippen molar-refractivity contribution in [2.75, 3.05) is 10.6 Å². The molecule has 0 saturated carbocycles. The summed E-state index contributed by atoms with van der Waals surface area (Å²) >= 11 is 0. The van der Waals surface area contributed by atoms with Crippen LogP contribution in [-0.2, 0) is 11.0 Å². The maximum absolute atomic E-state index is 12.9. The van der Waals surface area contributed by atoms with Crippen molar-refractivity contribution in [3.05, 3.63) is 114 Å². The van der Waals surface area contributed by atoms with Crippen LogP contribution in [0.5, 0.6) is 0 Å². The molecule has 0 unspecified atom stereocenters. The maximum atomic E-state index is 12.9. The number of aromatic nitrogens is 2. The first-order chi connectivity index (χ1) is 17.7. The molecule has 0 radical (unpaired) electrons. The maximum Gasteiger partial charge on any atom is 0.416 e. The number of hydrogen-bond acceptors (Lipinski definition) is 4. The Morgan fingerprint density at radius 2 is 1.59 bits per heavy atom. The second-order valence-electron chi connectivity index (χ2n) is 8.05. The number of alkyl halides is 3. The smallest absolute Gasteiger partial charge is 0.322 e. The third kappa shape index (κ3) is 6.88. The molecule has 3 aromatic carbocycles. The molecule has 6 nitrogen and oxygen atoms in total. The molecule has 0 spiro atoms. The predicted octanol–water partition coefficient (Wildman–Crippen LogP) is 6.38. The number of anilines is 2. The standard InChI is InChI=1S/C28H21F3N4O2/c1-18-32-14-13-25(33-18)20-6-3-9-23(16-20)34-26(36)12-11-19-5-2-7-21(15-19)27(37)35-24-10-4-8-22(17-24)28(29,30)31/h2-17H,1H3,(H,34,36)(H,35,37). The molecule has 4 rings (SSSR count). The van der Waals surface area contributed by atoms with E-state index in [2.05, 4.69) is 20.6 Å². The van der Waals surface area contributed by atoms with E-state index in [1.54, 1.807) is 49.5 Å². The van der Waals surface area contributed by atoms with Crippen molar-refractivity contribution in [2.45, 2.75) is 13.1 Å². The number of aryl methyl sites for hydroxylation is 1. The highest BCUT2D eigenvalue weighted by molar-refractivity contribution is 6.05. The van der Waals surface area contributed by atoms with Gasteiger partial charge in [-0.25, -0.2) is 9.97 Å². The van der Waals surface area contributed by atoms with Crippen molar-refractivity contribution in [3.8, 4) is 11.3 Å². The molecule has 0 aliphatic carbocycles. The first-order valence-corrected chi connectivity index (χ1v) is 11.2. The predicted molar refractivity (Wildman–Crippen MR) is 136 cm³/mol. The summed E-state index contributed by atoms with van der Waals surface area (Å²) in [5.74, 6) is -0.314. The SMILES string of the molecule is Cc1nccc(-c2cccc(NC(=O)C=Cc3cccc(C(=O)Nc4cccc(C(F)(F)F)c4)c3)c2)n1. The van der Waals surface area contributed by atoms with Gasteiger partial charge in [-0.3, -0.25) is 9.59 Å². The zero-order chi connectivity index (χ0) is 26.4. The lowest BCUT2D eigenvalue weighted by Gasteiger charge is -2.10. The second-order valence-corrected chi connectivity index (χ2v) is 8.05. The van der Waals surface area contributed by atoms with E-state index in [1.165, 1.54) is 36.4 Å². The number of nitrogens with one attached hydrogen (secondary N) is 2. The number of carbonyl (C=O) groups excluding carboxylic acids is 2. The lowest BCUT2D eigenvalue weighted by molar-refractivity contribution is -0.137. The molecule has 4 aromatic rings. The number of amides is 2. The zero-order valence-corrected chi connectivity index (χ0v) is 19.6. The fraction of sp³-hybridized carbons (Fsp3) is 0.0714. The molecular formula is C28H21F3N4O2. The molecule has 37 heavy (non-hydrogen) atoms. The van der Waals surface area contributed by atoms with Crippen LogP contribution in [0.2, 0.25) is 0 Å². The van der Waals surface area contributed by atoms with Gasteiger partial charge in [-0.2, -0.15) is 13.2 Å². The molecule has 0 aliphatic heterocycles. The van der Waals surface area contributed by atoms with Gasteiger partial charge in [0.15, 0.2) is 0 Å². The molecule has 0 fully saturated rings. The largest absolute Gasteiger partial charge is 0.416 e. The van der Waals surface area contributed by atoms with E-state index in [9.17, 15) is 22.8 Å². The first-order valence-electron chi connectivity index (χ1n) is 11.2. The topological polar surface area (TPSA) is 84.0 Å². The Morgan fingerprint density at radius 1 is 0.865 bits per heavy atom. The van der Waals surface area contributed by atoms with E-state index >= 15 is 0 Å². The van der Waals surface area contributed by atoms with Crippen LogP contribution in [0.1, 0.15) is 27.3 Å². The third-order valence-electron chi connectivity index (χ3n) is 5.23. The van der Waals surface area contributed by atoms with E-state index in [-0.39, 0.29) is 17.2 Å². The Morgan fingerprint density at radius 3 is 2.35 bits per heavy atom. The summed E-state index contributed by atoms with van der Waals surface area (Å²) in [5, 5.41) is 5.25. The van der Waals surface area contributed by atoms with Crippen LogP contribution in [-0.4, -0.2) is 21.8 Å². The van der Waals surface area contributed by atoms with Crippen LogP contribution in [0, 0.1) is 6.92 Å². The lowest BCUT2D eigenvalue weighted by Crippen LogP contribution is -2.13. The minimum atomic E-state index is -4.51. The summed E-state index contributed by atoms with van der Waals surface area (Å²) in [6, 6.07) is 19.8. The van der Waals surface area contributed by atoms with Gasteiger partial charge in [-0.1, -0.05) is 30.3 Å². The number of halogens is 3. The van der Waals surface area contributed by atoms with Gasteiger partial charge in [0, 0.05) is 34.8 Å². The number of benzene rings is 3. The Balaban J connectivity index is 1.41. The summed E-state index contributed by atoms with van der Waals surface area (Å²) in [7, 11) is 0. The van der Waals surface area contributed by atoms with Crippen LogP contribution in [0.25, 0.3) is 17.3 Å². The van der Waals surface area contributed by atoms with Crippen molar-refractivity contribution in [2.24, 2.45) is 0 Å². The average molecular weight is 502 g/mol. The number of carbonyl (C=O) groups is 2. The fourth-order valence-corrected chi connectivity index (χ4v) is 3.49. The van der Waals surface area contributed by atoms with E-state index in [4.69, 9.17) is 0 Å². The van der Waals surface area contributed by atoms with Crippen molar-refractivity contribution >= 4 is 29.3 Å². The molecule has 186 valence electrons. The number of nitrogens with zero attached hydrogens (tertiary/aromatic N) is 2. The Labute approximate surface area is 210 Å². The third-order valence-corrected chi connectivity index (χ3v) is 5.23. The molecule has 0 saturated heterocycles. The Kier molecular flexibility index (Phi) is 7.43. The van der Waals surface area contributed by atoms with Crippen LogP contribution >= 0.6 is 0 Å². The van der Waals surface area contributed by atoms with Gasteiger partial charge in [0.05, 0.1) is 11.3 Å². The van der Waals surface area contributed by atoms with Gasteiger partial charge in [-0.05, 0) is 67.1 Å². The van der Waals surface area contributed by atoms with E-state index in [0.717, 1.165) is 23.4 Å². The van der Waals surface area contributed by atoms with Gasteiger partial charge in [0.2, 0.25) is 5.91 Å². The highest BCUT2D eigenvalue weighted by atomic mass is 19.4. The molecular weight excluding hydrogens is 481 g/mol. The molecule has 9 heteroatoms. The quantitative estimate of drug-likeness (QED) is 0.300. The minimum absolute atomic E-state index is 0.0273. The average Bonchev–Trinajstić information content (AvgIpc) is 2.87. The molecule has 2 amide bonds. The zero-order valence-electron chi connectivity index (χ0n) is 19.6. The molecule has 1 aromatic heterocycles. The molecule has 1 heterocycles. The molecule has 2 N–H and O–H groups in total. The number of hydrogen-bond donors (Lipinski definition) is 2. The number of rotatable bonds is 6. The summed E-state index contributed by atoms with van der Waals surface area (Å²) in [6.45, 7) is 1.80. The van der Waals surface area contributed by atoms with Crippen molar-refractivity contribution in [3.63, 3.8) is 0 Å². The van der Waals surface area contributed by atoms with Crippen LogP contribution in [0.15, 0.2) is 91.1 Å². The fourth-order valence-electron chi connectivity index (χ4n) is 3.49. The summed E-state index contributed by atoms with van der Waals surface area (Å²) < 4.78 is 38.8. The highest BCUT2D eigenvalue weighted by Gasteiger charge is 2.30. The molecule has 0 atom stereocenters. The highest BCUT2D eigenvalue weighted by Crippen LogP contribution is 2.30. The van der Waals surface area contributed by atoms with Gasteiger partial charge in [0.25, 0.3) is 5.91 Å². The normalized spacial score (nSPS) is 11.4. The van der Waals surface area contributed by atoms with Crippen LogP contribution in [0.3, 0.4) is 0 Å². The minimum Gasteiger partial charge on any atom is -0.322 e. The van der Waals surface area contributed by atoms with E-state index in [0.29, 0.717) is 17.1 Å². The van der Waals surface area contributed by atoms with Crippen LogP contribution < -0.4 is 10.6 Å². The first kappa shape index (κ1) is 25.3. The Hall–Kier alpha value is -4.79. The van der Waals surface area contributed by atoms with Gasteiger partial charge in [-0.15, -0.1) is 0 Å². The van der Waals surface area contributed by atoms with Crippen LogP contribution in [0.4, 0.5) is 24.5 Å². The van der Waals surface area contributed by atoms with Gasteiger partial charge >= 0.3 is 6.18 Å². The van der Waals surface area contributed by atoms with Crippen molar-refractivity contribution in [1.82, 2.24) is 9.97 Å². The lowest BCUT2D eigenvalue weighted by atomic mass is 10.1. The second kappa shape index (κ2) is 10.9. The van der Waals surface area contributed by atoms with Gasteiger partial charge < -0.3 is 10.6 Å². The summed E-state index contributed by atoms with van der Waals surface area (Å²) in [5.41, 5.74) is 2.11. The van der Waals surface area contributed by atoms with Gasteiger partial charge in [0.1, 0.15) is 5.82 Å². The van der Waals surface area contributed by atoms with Crippen molar-refractivity contribution in [1.29, 1.82) is 0 Å². The monoisotopic (exact) mass is 502 g/mol. The summed E-state index contributed by atoms with van der Waals surface area (Å²) in [4.78, 5) is 33.5. The molecule has 0 bridgehead atoms. The van der Waals surface area contributed by atoms with Crippen molar-refractivity contribution < 1.29 is 22.8 Å². The summed E-state index contributed by atoms with van der Waals surface area (Å²) in [6.07, 6.45) is 0.0152.